The Hall–Kier alpha value is -2.47. The van der Waals surface area contributed by atoms with Crippen molar-refractivity contribution >= 4 is 29.3 Å². The summed E-state index contributed by atoms with van der Waals surface area (Å²) in [6.07, 6.45) is -0.901. The number of carbonyl (C=O) groups excluding carboxylic acids is 2. The average Bonchev–Trinajstić information content (AvgIpc) is 2.61. The molecule has 0 spiro atoms. The molecule has 144 valence electrons. The fourth-order valence-corrected chi connectivity index (χ4v) is 3.33. The molecule has 2 aromatic carbocycles. The number of carbonyl (C=O) groups is 2. The number of rotatable bonds is 7. The van der Waals surface area contributed by atoms with Gasteiger partial charge in [0.25, 0.3) is 5.91 Å². The summed E-state index contributed by atoms with van der Waals surface area (Å²) in [7, 11) is 1.54. The average molecular weight is 388 g/mol. The maximum absolute atomic E-state index is 12.3. The molecular formula is C21H25NO4S. The number of amides is 1. The van der Waals surface area contributed by atoms with Crippen LogP contribution in [0.3, 0.4) is 0 Å². The highest BCUT2D eigenvalue weighted by Gasteiger charge is 2.19. The molecule has 27 heavy (non-hydrogen) atoms. The summed E-state index contributed by atoms with van der Waals surface area (Å²) in [5.41, 5.74) is 3.83. The first kappa shape index (κ1) is 20.8. The van der Waals surface area contributed by atoms with E-state index in [-0.39, 0.29) is 5.75 Å². The van der Waals surface area contributed by atoms with Crippen LogP contribution in [0, 0.1) is 20.8 Å². The summed E-state index contributed by atoms with van der Waals surface area (Å²) < 4.78 is 10.5. The molecule has 0 saturated heterocycles. The van der Waals surface area contributed by atoms with E-state index in [2.05, 4.69) is 11.4 Å². The van der Waals surface area contributed by atoms with Gasteiger partial charge in [-0.15, -0.1) is 11.8 Å². The van der Waals surface area contributed by atoms with Gasteiger partial charge in [0.05, 0.1) is 18.6 Å². The normalized spacial score (nSPS) is 11.6. The van der Waals surface area contributed by atoms with Gasteiger partial charge in [-0.3, -0.25) is 9.59 Å². The van der Waals surface area contributed by atoms with Gasteiger partial charge in [0, 0.05) is 4.90 Å². The van der Waals surface area contributed by atoms with Crippen LogP contribution in [0.2, 0.25) is 0 Å². The first-order chi connectivity index (χ1) is 12.8. The molecule has 0 aliphatic heterocycles. The molecule has 0 saturated carbocycles. The molecule has 5 nitrogen and oxygen atoms in total. The van der Waals surface area contributed by atoms with Crippen LogP contribution < -0.4 is 10.1 Å². The van der Waals surface area contributed by atoms with Crippen molar-refractivity contribution in [1.82, 2.24) is 0 Å². The zero-order valence-electron chi connectivity index (χ0n) is 16.3. The summed E-state index contributed by atoms with van der Waals surface area (Å²) in [5, 5.41) is 2.75. The van der Waals surface area contributed by atoms with Crippen LogP contribution in [0.4, 0.5) is 5.69 Å². The minimum Gasteiger partial charge on any atom is -0.495 e. The highest BCUT2D eigenvalue weighted by Crippen LogP contribution is 2.26. The standard InChI is InChI=1S/C21H25NO4S/c1-13-7-9-19(15(3)10-13)27-12-20(23)26-16(4)21(24)22-17-11-14(2)6-8-18(17)25-5/h6-11,16H,12H2,1-5H3,(H,22,24)/t16-/m0/s1. The lowest BCUT2D eigenvalue weighted by Crippen LogP contribution is -2.30. The van der Waals surface area contributed by atoms with E-state index in [0.29, 0.717) is 11.4 Å². The number of methoxy groups -OCH3 is 1. The van der Waals surface area contributed by atoms with Gasteiger partial charge in [-0.2, -0.15) is 0 Å². The van der Waals surface area contributed by atoms with Crippen LogP contribution in [0.5, 0.6) is 5.75 Å². The highest BCUT2D eigenvalue weighted by molar-refractivity contribution is 8.00. The van der Waals surface area contributed by atoms with Gasteiger partial charge in [-0.05, 0) is 57.0 Å². The Morgan fingerprint density at radius 3 is 2.41 bits per heavy atom. The lowest BCUT2D eigenvalue weighted by molar-refractivity contribution is -0.150. The number of anilines is 1. The van der Waals surface area contributed by atoms with Crippen molar-refractivity contribution in [1.29, 1.82) is 0 Å². The zero-order chi connectivity index (χ0) is 20.0. The second kappa shape index (κ2) is 9.46. The number of nitrogens with one attached hydrogen (secondary N) is 1. The minimum atomic E-state index is -0.901. The van der Waals surface area contributed by atoms with Gasteiger partial charge in [0.2, 0.25) is 0 Å². The summed E-state index contributed by atoms with van der Waals surface area (Å²) in [5.74, 6) is -0.129. The largest absolute Gasteiger partial charge is 0.495 e. The van der Waals surface area contributed by atoms with E-state index >= 15 is 0 Å². The van der Waals surface area contributed by atoms with Gasteiger partial charge >= 0.3 is 5.97 Å². The maximum Gasteiger partial charge on any atom is 0.317 e. The van der Waals surface area contributed by atoms with Crippen molar-refractivity contribution in [3.05, 3.63) is 53.1 Å². The first-order valence-corrected chi connectivity index (χ1v) is 9.63. The topological polar surface area (TPSA) is 64.6 Å². The summed E-state index contributed by atoms with van der Waals surface area (Å²) >= 11 is 1.40. The van der Waals surface area contributed by atoms with Crippen molar-refractivity contribution in [3.8, 4) is 5.75 Å². The monoisotopic (exact) mass is 387 g/mol. The SMILES string of the molecule is COc1ccc(C)cc1NC(=O)[C@H](C)OC(=O)CSc1ccc(C)cc1C. The predicted octanol–water partition coefficient (Wildman–Crippen LogP) is 4.28. The second-order valence-corrected chi connectivity index (χ2v) is 7.40. The van der Waals surface area contributed by atoms with Gasteiger partial charge in [0.15, 0.2) is 6.10 Å². The molecule has 0 bridgehead atoms. The molecule has 0 aromatic heterocycles. The van der Waals surface area contributed by atoms with Gasteiger partial charge < -0.3 is 14.8 Å². The van der Waals surface area contributed by atoms with E-state index in [9.17, 15) is 9.59 Å². The fourth-order valence-electron chi connectivity index (χ4n) is 2.54. The third-order valence-electron chi connectivity index (χ3n) is 3.97. The third kappa shape index (κ3) is 6.03. The van der Waals surface area contributed by atoms with E-state index in [0.717, 1.165) is 16.0 Å². The van der Waals surface area contributed by atoms with Gasteiger partial charge in [-0.1, -0.05) is 23.8 Å². The van der Waals surface area contributed by atoms with Crippen LogP contribution in [0.25, 0.3) is 0 Å². The van der Waals surface area contributed by atoms with Crippen LogP contribution in [-0.2, 0) is 14.3 Å². The first-order valence-electron chi connectivity index (χ1n) is 8.65. The van der Waals surface area contributed by atoms with Crippen molar-refractivity contribution in [2.75, 3.05) is 18.2 Å². The van der Waals surface area contributed by atoms with Crippen LogP contribution in [0.15, 0.2) is 41.3 Å². The van der Waals surface area contributed by atoms with Crippen LogP contribution in [0.1, 0.15) is 23.6 Å². The maximum atomic E-state index is 12.3. The molecule has 0 heterocycles. The molecular weight excluding hydrogens is 362 g/mol. The Balaban J connectivity index is 1.90. The molecule has 0 fully saturated rings. The molecule has 0 radical (unpaired) electrons. The Morgan fingerprint density at radius 1 is 1.07 bits per heavy atom. The summed E-state index contributed by atoms with van der Waals surface area (Å²) in [4.78, 5) is 25.5. The van der Waals surface area contributed by atoms with Gasteiger partial charge in [-0.25, -0.2) is 0 Å². The quantitative estimate of drug-likeness (QED) is 0.567. The number of aryl methyl sites for hydroxylation is 3. The molecule has 2 aromatic rings. The van der Waals surface area contributed by atoms with E-state index in [1.807, 2.05) is 39.0 Å². The van der Waals surface area contributed by atoms with Crippen LogP contribution in [-0.4, -0.2) is 30.8 Å². The lowest BCUT2D eigenvalue weighted by atomic mass is 10.2. The molecule has 2 rings (SSSR count). The molecule has 1 atom stereocenters. The zero-order valence-corrected chi connectivity index (χ0v) is 17.1. The fraction of sp³-hybridized carbons (Fsp3) is 0.333. The molecule has 0 unspecified atom stereocenters. The molecule has 0 aliphatic rings. The molecule has 0 aliphatic carbocycles. The van der Waals surface area contributed by atoms with Crippen molar-refractivity contribution in [2.24, 2.45) is 0 Å². The number of benzene rings is 2. The molecule has 1 N–H and O–H groups in total. The lowest BCUT2D eigenvalue weighted by Gasteiger charge is -2.15. The number of hydrogen-bond donors (Lipinski definition) is 1. The Kier molecular flexibility index (Phi) is 7.30. The van der Waals surface area contributed by atoms with E-state index in [1.54, 1.807) is 19.1 Å². The van der Waals surface area contributed by atoms with Crippen LogP contribution >= 0.6 is 11.8 Å². The van der Waals surface area contributed by atoms with E-state index < -0.39 is 18.0 Å². The van der Waals surface area contributed by atoms with Crippen molar-refractivity contribution < 1.29 is 19.1 Å². The Bertz CT molecular complexity index is 835. The number of thioether (sulfide) groups is 1. The molecule has 6 heteroatoms. The Morgan fingerprint density at radius 2 is 1.74 bits per heavy atom. The number of ether oxygens (including phenoxy) is 2. The highest BCUT2D eigenvalue weighted by atomic mass is 32.2. The number of esters is 1. The molecule has 1 amide bonds. The van der Waals surface area contributed by atoms with Gasteiger partial charge in [0.1, 0.15) is 5.75 Å². The predicted molar refractivity (Wildman–Crippen MR) is 109 cm³/mol. The van der Waals surface area contributed by atoms with Crippen molar-refractivity contribution in [2.45, 2.75) is 38.7 Å². The minimum absolute atomic E-state index is 0.148. The van der Waals surface area contributed by atoms with E-state index in [4.69, 9.17) is 9.47 Å². The Labute approximate surface area is 164 Å². The van der Waals surface area contributed by atoms with E-state index in [1.165, 1.54) is 24.4 Å². The summed E-state index contributed by atoms with van der Waals surface area (Å²) in [6.45, 7) is 7.51. The third-order valence-corrected chi connectivity index (χ3v) is 5.12. The number of hydrogen-bond acceptors (Lipinski definition) is 5. The summed E-state index contributed by atoms with van der Waals surface area (Å²) in [6, 6.07) is 11.5. The smallest absolute Gasteiger partial charge is 0.317 e. The van der Waals surface area contributed by atoms with Crippen molar-refractivity contribution in [3.63, 3.8) is 0 Å². The second-order valence-electron chi connectivity index (χ2n) is 6.38.